The Morgan fingerprint density at radius 3 is 1.85 bits per heavy atom. The lowest BCUT2D eigenvalue weighted by atomic mass is 10.0. The normalized spacial score (nSPS) is 11.6. The largest absolute Gasteiger partial charge is 0.455 e. The molecular weight excluding hydrogens is 669 g/mol. The third-order valence-corrected chi connectivity index (χ3v) is 11.0. The molecule has 0 atom stereocenters. The molecule has 258 valence electrons. The van der Waals surface area contributed by atoms with Gasteiger partial charge in [-0.25, -0.2) is 0 Å². The molecule has 0 bridgehead atoms. The zero-order valence-electron chi connectivity index (χ0n) is 29.9. The molecule has 0 spiro atoms. The van der Waals surface area contributed by atoms with E-state index in [0.717, 1.165) is 55.8 Å². The van der Waals surface area contributed by atoms with Gasteiger partial charge in [-0.15, -0.1) is 0 Å². The van der Waals surface area contributed by atoms with Crippen LogP contribution in [0.15, 0.2) is 211 Å². The van der Waals surface area contributed by atoms with Gasteiger partial charge in [-0.2, -0.15) is 0 Å². The number of hydrogen-bond donors (Lipinski definition) is 0. The number of furan rings is 1. The van der Waals surface area contributed by atoms with Gasteiger partial charge >= 0.3 is 0 Å². The molecule has 0 amide bonds. The summed E-state index contributed by atoms with van der Waals surface area (Å²) in [6.07, 6.45) is 0. The van der Waals surface area contributed by atoms with Crippen molar-refractivity contribution in [3.63, 3.8) is 0 Å². The van der Waals surface area contributed by atoms with Crippen LogP contribution in [0.2, 0.25) is 0 Å². The summed E-state index contributed by atoms with van der Waals surface area (Å²) in [6, 6.07) is 73.9. The average Bonchev–Trinajstić information content (AvgIpc) is 3.81. The maximum atomic E-state index is 6.48. The van der Waals surface area contributed by atoms with Crippen LogP contribution >= 0.6 is 0 Å². The van der Waals surface area contributed by atoms with Crippen LogP contribution in [0.25, 0.3) is 82.5 Å². The van der Waals surface area contributed by atoms with Crippen LogP contribution in [-0.2, 0) is 0 Å². The van der Waals surface area contributed by atoms with Crippen LogP contribution < -0.4 is 4.90 Å². The molecule has 0 saturated carbocycles. The minimum Gasteiger partial charge on any atom is -0.455 e. The van der Waals surface area contributed by atoms with Crippen molar-refractivity contribution in [2.45, 2.75) is 0 Å². The Balaban J connectivity index is 1.07. The molecule has 0 fully saturated rings. The number of hydrogen-bond acceptors (Lipinski definition) is 2. The lowest BCUT2D eigenvalue weighted by molar-refractivity contribution is 0.670. The van der Waals surface area contributed by atoms with Crippen molar-refractivity contribution in [3.05, 3.63) is 206 Å². The maximum absolute atomic E-state index is 6.48. The summed E-state index contributed by atoms with van der Waals surface area (Å²) in [7, 11) is 0. The van der Waals surface area contributed by atoms with E-state index in [0.29, 0.717) is 0 Å². The first kappa shape index (κ1) is 31.2. The first-order valence-corrected chi connectivity index (χ1v) is 18.8. The number of para-hydroxylation sites is 3. The van der Waals surface area contributed by atoms with Crippen molar-refractivity contribution in [2.24, 2.45) is 0 Å². The number of fused-ring (bicyclic) bond motifs is 8. The molecule has 9 aromatic carbocycles. The van der Waals surface area contributed by atoms with Gasteiger partial charge in [0.1, 0.15) is 11.2 Å². The number of benzene rings is 9. The van der Waals surface area contributed by atoms with Crippen LogP contribution in [0.3, 0.4) is 0 Å². The fourth-order valence-corrected chi connectivity index (χ4v) is 8.42. The van der Waals surface area contributed by atoms with E-state index in [1.54, 1.807) is 0 Å². The van der Waals surface area contributed by atoms with Crippen molar-refractivity contribution in [2.75, 3.05) is 4.90 Å². The van der Waals surface area contributed by atoms with Gasteiger partial charge in [0.05, 0.1) is 11.0 Å². The van der Waals surface area contributed by atoms with E-state index in [1.165, 1.54) is 43.7 Å². The fraction of sp³-hybridized carbons (Fsp3) is 0. The molecule has 0 aliphatic carbocycles. The van der Waals surface area contributed by atoms with E-state index in [9.17, 15) is 0 Å². The third kappa shape index (κ3) is 5.13. The van der Waals surface area contributed by atoms with E-state index in [1.807, 2.05) is 12.1 Å². The summed E-state index contributed by atoms with van der Waals surface area (Å²) in [5.41, 5.74) is 13.1. The van der Waals surface area contributed by atoms with Crippen molar-refractivity contribution in [1.29, 1.82) is 0 Å². The van der Waals surface area contributed by atoms with E-state index < -0.39 is 0 Å². The summed E-state index contributed by atoms with van der Waals surface area (Å²) in [5, 5.41) is 7.25. The zero-order valence-corrected chi connectivity index (χ0v) is 29.9. The van der Waals surface area contributed by atoms with Crippen molar-refractivity contribution >= 4 is 71.6 Å². The molecule has 0 unspecified atom stereocenters. The third-order valence-electron chi connectivity index (χ3n) is 11.0. The molecular formula is C52H34N2O. The summed E-state index contributed by atoms with van der Waals surface area (Å²) in [4.78, 5) is 2.35. The molecule has 0 radical (unpaired) electrons. The van der Waals surface area contributed by atoms with Crippen molar-refractivity contribution in [3.8, 4) is 27.9 Å². The van der Waals surface area contributed by atoms with Crippen molar-refractivity contribution in [1.82, 2.24) is 4.57 Å². The van der Waals surface area contributed by atoms with E-state index in [4.69, 9.17) is 4.42 Å². The molecule has 55 heavy (non-hydrogen) atoms. The molecule has 3 nitrogen and oxygen atoms in total. The summed E-state index contributed by atoms with van der Waals surface area (Å²) >= 11 is 0. The number of anilines is 3. The molecule has 0 N–H and O–H groups in total. The van der Waals surface area contributed by atoms with Gasteiger partial charge in [0.25, 0.3) is 0 Å². The molecule has 0 aliphatic rings. The van der Waals surface area contributed by atoms with Gasteiger partial charge in [0, 0.05) is 55.2 Å². The minimum absolute atomic E-state index is 0.901. The number of rotatable bonds is 6. The zero-order chi connectivity index (χ0) is 36.3. The highest BCUT2D eigenvalue weighted by molar-refractivity contribution is 6.18. The van der Waals surface area contributed by atoms with Crippen LogP contribution in [-0.4, -0.2) is 4.57 Å². The quantitative estimate of drug-likeness (QED) is 0.172. The van der Waals surface area contributed by atoms with Gasteiger partial charge in [-0.3, -0.25) is 0 Å². The predicted octanol–water partition coefficient (Wildman–Crippen LogP) is 14.6. The number of nitrogens with zero attached hydrogens (tertiary/aromatic N) is 2. The monoisotopic (exact) mass is 702 g/mol. The van der Waals surface area contributed by atoms with Crippen LogP contribution in [0.1, 0.15) is 0 Å². The van der Waals surface area contributed by atoms with Gasteiger partial charge in [0.15, 0.2) is 0 Å². The Morgan fingerprint density at radius 1 is 0.382 bits per heavy atom. The second-order valence-corrected chi connectivity index (χ2v) is 14.1. The van der Waals surface area contributed by atoms with Crippen molar-refractivity contribution < 1.29 is 4.42 Å². The molecule has 0 saturated heterocycles. The Morgan fingerprint density at radius 2 is 1.02 bits per heavy atom. The molecule has 2 heterocycles. The fourth-order valence-electron chi connectivity index (χ4n) is 8.42. The highest BCUT2D eigenvalue weighted by atomic mass is 16.3. The van der Waals surface area contributed by atoms with E-state index >= 15 is 0 Å². The highest BCUT2D eigenvalue weighted by Crippen LogP contribution is 2.42. The highest BCUT2D eigenvalue weighted by Gasteiger charge is 2.19. The maximum Gasteiger partial charge on any atom is 0.143 e. The van der Waals surface area contributed by atoms with Gasteiger partial charge in [-0.1, -0.05) is 146 Å². The Labute approximate surface area is 318 Å². The standard InChI is InChI=1S/C52H34N2O/c1-2-12-35(13-3-1)36-24-27-39(28-25-36)53(42-16-10-15-38(34-42)44-20-11-21-48-46-19-7-9-23-50(46)55-52(44)48)40-29-31-41(32-30-40)54-49-22-8-6-18-45(49)47-33-26-37-14-4-5-17-43(37)51(47)54/h1-34H. The second kappa shape index (κ2) is 12.6. The molecule has 11 aromatic rings. The Bertz CT molecular complexity index is 3190. The van der Waals surface area contributed by atoms with Gasteiger partial charge in [-0.05, 0) is 82.7 Å². The Kier molecular flexibility index (Phi) is 7.17. The smallest absolute Gasteiger partial charge is 0.143 e. The Hall–Kier alpha value is -7.36. The van der Waals surface area contributed by atoms with Crippen LogP contribution in [0, 0.1) is 0 Å². The lowest BCUT2D eigenvalue weighted by Crippen LogP contribution is -2.10. The second-order valence-electron chi connectivity index (χ2n) is 14.1. The summed E-state index contributed by atoms with van der Waals surface area (Å²) < 4.78 is 8.90. The SMILES string of the molecule is c1ccc(-c2ccc(N(c3ccc(-n4c5ccccc5c5ccc6ccccc6c54)cc3)c3cccc(-c4cccc5c4oc4ccccc45)c3)cc2)cc1. The summed E-state index contributed by atoms with van der Waals surface area (Å²) in [6.45, 7) is 0. The first-order valence-electron chi connectivity index (χ1n) is 18.8. The average molecular weight is 703 g/mol. The molecule has 0 aliphatic heterocycles. The minimum atomic E-state index is 0.901. The van der Waals surface area contributed by atoms with E-state index in [2.05, 4.69) is 204 Å². The predicted molar refractivity (Wildman–Crippen MR) is 231 cm³/mol. The van der Waals surface area contributed by atoms with Gasteiger partial charge in [0.2, 0.25) is 0 Å². The van der Waals surface area contributed by atoms with E-state index in [-0.39, 0.29) is 0 Å². The topological polar surface area (TPSA) is 21.3 Å². The molecule has 2 aromatic heterocycles. The molecule has 3 heteroatoms. The molecule has 11 rings (SSSR count). The summed E-state index contributed by atoms with van der Waals surface area (Å²) in [5.74, 6) is 0. The van der Waals surface area contributed by atoms with Crippen LogP contribution in [0.5, 0.6) is 0 Å². The number of aromatic nitrogens is 1. The first-order chi connectivity index (χ1) is 27.3. The van der Waals surface area contributed by atoms with Gasteiger partial charge < -0.3 is 13.9 Å². The van der Waals surface area contributed by atoms with Crippen LogP contribution in [0.4, 0.5) is 17.1 Å². The lowest BCUT2D eigenvalue weighted by Gasteiger charge is -2.26.